The van der Waals surface area contributed by atoms with Crippen LogP contribution in [0.1, 0.15) is 37.1 Å². The number of nitrogens with one attached hydrogen (secondary N) is 1. The van der Waals surface area contributed by atoms with Gasteiger partial charge < -0.3 is 9.84 Å². The lowest BCUT2D eigenvalue weighted by atomic mass is 10.0. The molecular weight excluding hydrogens is 336 g/mol. The molecule has 0 saturated heterocycles. The van der Waals surface area contributed by atoms with Crippen molar-refractivity contribution in [3.8, 4) is 11.4 Å². The molecule has 0 aliphatic rings. The van der Waals surface area contributed by atoms with E-state index in [1.807, 2.05) is 43.5 Å². The summed E-state index contributed by atoms with van der Waals surface area (Å²) in [6.07, 6.45) is 4.53. The fourth-order valence-electron chi connectivity index (χ4n) is 2.43. The number of hydrogen-bond acceptors (Lipinski definition) is 6. The molecule has 0 radical (unpaired) electrons. The lowest BCUT2D eigenvalue weighted by molar-refractivity contribution is -0.122. The number of rotatable bonds is 7. The smallest absolute Gasteiger partial charge is 0.249 e. The predicted molar refractivity (Wildman–Crippen MR) is 95.9 cm³/mol. The second-order valence-electron chi connectivity index (χ2n) is 6.06. The Kier molecular flexibility index (Phi) is 5.55. The lowest BCUT2D eigenvalue weighted by Gasteiger charge is -2.18. The Balaban J connectivity index is 1.67. The van der Waals surface area contributed by atoms with Crippen molar-refractivity contribution in [2.24, 2.45) is 5.92 Å². The Labute approximate surface area is 150 Å². The zero-order valence-electron chi connectivity index (χ0n) is 14.2. The molecule has 1 amide bonds. The molecule has 1 unspecified atom stereocenters. The van der Waals surface area contributed by atoms with Crippen LogP contribution >= 0.6 is 11.3 Å². The molecule has 6 nitrogen and oxygen atoms in total. The monoisotopic (exact) mass is 356 g/mol. The fourth-order valence-corrected chi connectivity index (χ4v) is 3.14. The van der Waals surface area contributed by atoms with E-state index in [0.29, 0.717) is 18.1 Å². The van der Waals surface area contributed by atoms with E-state index in [-0.39, 0.29) is 17.9 Å². The maximum Gasteiger partial charge on any atom is 0.249 e. The van der Waals surface area contributed by atoms with Crippen LogP contribution in [0.25, 0.3) is 11.4 Å². The number of nitrogens with zero attached hydrogens (tertiary/aromatic N) is 3. The van der Waals surface area contributed by atoms with Gasteiger partial charge in [-0.3, -0.25) is 9.78 Å². The van der Waals surface area contributed by atoms with E-state index in [4.69, 9.17) is 4.52 Å². The van der Waals surface area contributed by atoms with Crippen molar-refractivity contribution in [1.82, 2.24) is 20.4 Å². The quantitative estimate of drug-likeness (QED) is 0.699. The Morgan fingerprint density at radius 1 is 1.28 bits per heavy atom. The Hall–Kier alpha value is -2.54. The van der Waals surface area contributed by atoms with Crippen molar-refractivity contribution in [2.45, 2.75) is 32.7 Å². The SMILES string of the molecule is CC(C)C(NC(=O)CCc1cccs1)c1nc(-c2ccncc2)no1. The zero-order valence-corrected chi connectivity index (χ0v) is 15.0. The summed E-state index contributed by atoms with van der Waals surface area (Å²) in [6.45, 7) is 4.03. The molecule has 3 aromatic heterocycles. The van der Waals surface area contributed by atoms with Crippen LogP contribution in [0.2, 0.25) is 0 Å². The number of aryl methyl sites for hydroxylation is 1. The van der Waals surface area contributed by atoms with Crippen LogP contribution in [0.5, 0.6) is 0 Å². The molecule has 130 valence electrons. The van der Waals surface area contributed by atoms with Crippen molar-refractivity contribution in [3.63, 3.8) is 0 Å². The van der Waals surface area contributed by atoms with Gasteiger partial charge in [0.05, 0.1) is 0 Å². The second-order valence-corrected chi connectivity index (χ2v) is 7.09. The van der Waals surface area contributed by atoms with Crippen LogP contribution in [-0.4, -0.2) is 21.0 Å². The van der Waals surface area contributed by atoms with Gasteiger partial charge in [0, 0.05) is 29.3 Å². The van der Waals surface area contributed by atoms with Crippen LogP contribution < -0.4 is 5.32 Å². The molecule has 0 bridgehead atoms. The van der Waals surface area contributed by atoms with Crippen molar-refractivity contribution in [3.05, 3.63) is 52.8 Å². The molecule has 3 aromatic rings. The van der Waals surface area contributed by atoms with E-state index in [9.17, 15) is 4.79 Å². The molecule has 0 aliphatic heterocycles. The van der Waals surface area contributed by atoms with E-state index in [0.717, 1.165) is 12.0 Å². The van der Waals surface area contributed by atoms with Gasteiger partial charge in [-0.15, -0.1) is 11.3 Å². The van der Waals surface area contributed by atoms with Gasteiger partial charge in [0.1, 0.15) is 6.04 Å². The first-order chi connectivity index (χ1) is 12.1. The van der Waals surface area contributed by atoms with Gasteiger partial charge in [-0.25, -0.2) is 0 Å². The van der Waals surface area contributed by atoms with Gasteiger partial charge in [-0.2, -0.15) is 4.98 Å². The lowest BCUT2D eigenvalue weighted by Crippen LogP contribution is -2.32. The van der Waals surface area contributed by atoms with E-state index in [1.165, 1.54) is 4.88 Å². The minimum atomic E-state index is -0.307. The van der Waals surface area contributed by atoms with Crippen LogP contribution in [0.3, 0.4) is 0 Å². The van der Waals surface area contributed by atoms with Gasteiger partial charge in [0.15, 0.2) is 0 Å². The third kappa shape index (κ3) is 4.51. The summed E-state index contributed by atoms with van der Waals surface area (Å²) in [5.41, 5.74) is 0.830. The molecule has 1 N–H and O–H groups in total. The van der Waals surface area contributed by atoms with Gasteiger partial charge >= 0.3 is 0 Å². The summed E-state index contributed by atoms with van der Waals surface area (Å²) in [5, 5.41) is 9.05. The second kappa shape index (κ2) is 8.02. The Morgan fingerprint density at radius 2 is 2.08 bits per heavy atom. The molecule has 0 aromatic carbocycles. The third-order valence-corrected chi connectivity index (χ3v) is 4.74. The molecule has 0 saturated carbocycles. The van der Waals surface area contributed by atoms with E-state index in [2.05, 4.69) is 20.4 Å². The summed E-state index contributed by atoms with van der Waals surface area (Å²) in [5.74, 6) is 1.04. The Morgan fingerprint density at radius 3 is 2.76 bits per heavy atom. The number of carbonyl (C=O) groups excluding carboxylic acids is 1. The van der Waals surface area contributed by atoms with Gasteiger partial charge in [0.25, 0.3) is 0 Å². The molecular formula is C18H20N4O2S. The minimum absolute atomic E-state index is 0.0178. The van der Waals surface area contributed by atoms with Crippen LogP contribution in [-0.2, 0) is 11.2 Å². The minimum Gasteiger partial charge on any atom is -0.344 e. The number of hydrogen-bond donors (Lipinski definition) is 1. The van der Waals surface area contributed by atoms with E-state index < -0.39 is 0 Å². The molecule has 25 heavy (non-hydrogen) atoms. The number of thiophene rings is 1. The highest BCUT2D eigenvalue weighted by molar-refractivity contribution is 7.09. The topological polar surface area (TPSA) is 80.9 Å². The average molecular weight is 356 g/mol. The molecule has 3 rings (SSSR count). The van der Waals surface area contributed by atoms with Crippen molar-refractivity contribution in [2.75, 3.05) is 0 Å². The first-order valence-corrected chi connectivity index (χ1v) is 9.07. The van der Waals surface area contributed by atoms with Gasteiger partial charge in [-0.1, -0.05) is 25.1 Å². The van der Waals surface area contributed by atoms with Gasteiger partial charge in [-0.05, 0) is 35.9 Å². The van der Waals surface area contributed by atoms with Crippen LogP contribution in [0.4, 0.5) is 0 Å². The molecule has 0 spiro atoms. The number of amides is 1. The molecule has 0 fully saturated rings. The highest BCUT2D eigenvalue weighted by Crippen LogP contribution is 2.23. The van der Waals surface area contributed by atoms with E-state index >= 15 is 0 Å². The maximum absolute atomic E-state index is 12.3. The van der Waals surface area contributed by atoms with Crippen molar-refractivity contribution >= 4 is 17.2 Å². The Bertz CT molecular complexity index is 800. The summed E-state index contributed by atoms with van der Waals surface area (Å²) in [7, 11) is 0. The predicted octanol–water partition coefficient (Wildman–Crippen LogP) is 3.64. The maximum atomic E-state index is 12.3. The highest BCUT2D eigenvalue weighted by atomic mass is 32.1. The third-order valence-electron chi connectivity index (χ3n) is 3.81. The van der Waals surface area contributed by atoms with Crippen LogP contribution in [0, 0.1) is 5.92 Å². The number of carbonyl (C=O) groups is 1. The molecule has 3 heterocycles. The highest BCUT2D eigenvalue weighted by Gasteiger charge is 2.24. The van der Waals surface area contributed by atoms with E-state index in [1.54, 1.807) is 23.7 Å². The largest absolute Gasteiger partial charge is 0.344 e. The standard InChI is InChI=1S/C18H20N4O2S/c1-12(2)16(20-15(23)6-5-14-4-3-11-25-14)18-21-17(22-24-18)13-7-9-19-10-8-13/h3-4,7-12,16H,5-6H2,1-2H3,(H,20,23). The van der Waals surface area contributed by atoms with Crippen molar-refractivity contribution in [1.29, 1.82) is 0 Å². The zero-order chi connectivity index (χ0) is 17.6. The summed E-state index contributed by atoms with van der Waals surface area (Å²) >= 11 is 1.66. The normalized spacial score (nSPS) is 12.3. The van der Waals surface area contributed by atoms with Crippen molar-refractivity contribution < 1.29 is 9.32 Å². The summed E-state index contributed by atoms with van der Waals surface area (Å²) in [6, 6.07) is 7.36. The average Bonchev–Trinajstić information content (AvgIpc) is 3.30. The number of pyridine rings is 1. The van der Waals surface area contributed by atoms with Gasteiger partial charge in [0.2, 0.25) is 17.6 Å². The number of aromatic nitrogens is 3. The first kappa shape index (κ1) is 17.3. The summed E-state index contributed by atoms with van der Waals surface area (Å²) in [4.78, 5) is 21.9. The fraction of sp³-hybridized carbons (Fsp3) is 0.333. The molecule has 0 aliphatic carbocycles. The van der Waals surface area contributed by atoms with Crippen LogP contribution in [0.15, 0.2) is 46.6 Å². The first-order valence-electron chi connectivity index (χ1n) is 8.19. The molecule has 7 heteroatoms. The summed E-state index contributed by atoms with van der Waals surface area (Å²) < 4.78 is 5.40. The molecule has 1 atom stereocenters.